The molecule has 6 rings (SSSR count). The van der Waals surface area contributed by atoms with E-state index in [-0.39, 0.29) is 17.6 Å². The second-order valence-corrected chi connectivity index (χ2v) is 11.2. The third-order valence-corrected chi connectivity index (χ3v) is 7.43. The van der Waals surface area contributed by atoms with Gasteiger partial charge >= 0.3 is 0 Å². The van der Waals surface area contributed by atoms with E-state index in [0.29, 0.717) is 39.4 Å². The molecule has 0 saturated heterocycles. The van der Waals surface area contributed by atoms with Crippen molar-refractivity contribution >= 4 is 82.9 Å². The fraction of sp³-hybridized carbons (Fsp3) is 0.0714. The van der Waals surface area contributed by atoms with E-state index in [0.717, 1.165) is 31.2 Å². The van der Waals surface area contributed by atoms with Crippen molar-refractivity contribution in [2.45, 2.75) is 6.42 Å². The Hall–Kier alpha value is -3.54. The predicted molar refractivity (Wildman–Crippen MR) is 161 cm³/mol. The average molecular weight is 715 g/mol. The number of rotatable bonds is 3. The number of pyridine rings is 2. The molecule has 2 aromatic heterocycles. The number of carbonyl (C=O) groups excluding carboxylic acids is 2. The van der Waals surface area contributed by atoms with Gasteiger partial charge in [0.25, 0.3) is 5.91 Å². The number of methoxy groups -OCH3 is 1. The van der Waals surface area contributed by atoms with Gasteiger partial charge in [0, 0.05) is 43.6 Å². The number of aromatic hydroxyl groups is 1. The summed E-state index contributed by atoms with van der Waals surface area (Å²) in [6, 6.07) is 14.8. The Kier molecular flexibility index (Phi) is 7.83. The van der Waals surface area contributed by atoms with Crippen LogP contribution < -0.4 is 15.4 Å². The van der Waals surface area contributed by atoms with Crippen molar-refractivity contribution in [2.24, 2.45) is 0 Å². The number of para-hydroxylation sites is 1. The Morgan fingerprint density at radius 3 is 2.38 bits per heavy atom. The minimum absolute atomic E-state index is 0.0191. The summed E-state index contributed by atoms with van der Waals surface area (Å²) < 4.78 is 7.64. The number of fused-ring (bicyclic) bond motifs is 2. The molecule has 4 aromatic rings. The Morgan fingerprint density at radius 1 is 0.897 bits per heavy atom. The van der Waals surface area contributed by atoms with E-state index in [1.54, 1.807) is 31.6 Å². The molecule has 0 unspecified atom stereocenters. The molecule has 0 spiro atoms. The maximum Gasteiger partial charge on any atom is 0.257 e. The van der Waals surface area contributed by atoms with Gasteiger partial charge in [-0.05, 0) is 89.8 Å². The summed E-state index contributed by atoms with van der Waals surface area (Å²) >= 11 is 10.1. The predicted octanol–water partition coefficient (Wildman–Crippen LogP) is 6.82. The molecule has 0 atom stereocenters. The maximum absolute atomic E-state index is 12.4. The van der Waals surface area contributed by atoms with Crippen LogP contribution in [0.2, 0.25) is 0 Å². The summed E-state index contributed by atoms with van der Waals surface area (Å²) in [7, 11) is 1.58. The van der Waals surface area contributed by atoms with Gasteiger partial charge in [-0.15, -0.1) is 0 Å². The lowest BCUT2D eigenvalue weighted by Gasteiger charge is -2.12. The number of hydrogen-bond acceptors (Lipinski definition) is 6. The number of anilines is 2. The van der Waals surface area contributed by atoms with Crippen LogP contribution in [0, 0.1) is 0 Å². The minimum Gasteiger partial charge on any atom is -0.506 e. The monoisotopic (exact) mass is 712 g/mol. The van der Waals surface area contributed by atoms with E-state index in [4.69, 9.17) is 4.74 Å². The molecule has 0 saturated carbocycles. The highest BCUT2D eigenvalue weighted by atomic mass is 79.9. The van der Waals surface area contributed by atoms with Crippen LogP contribution in [0.3, 0.4) is 0 Å². The van der Waals surface area contributed by atoms with Crippen LogP contribution in [-0.4, -0.2) is 34.0 Å². The summed E-state index contributed by atoms with van der Waals surface area (Å²) in [6.07, 6.45) is 5.53. The molecule has 2 aromatic carbocycles. The topological polar surface area (TPSA) is 113 Å². The third-order valence-electron chi connectivity index (χ3n) is 5.96. The smallest absolute Gasteiger partial charge is 0.257 e. The van der Waals surface area contributed by atoms with Crippen LogP contribution in [0.1, 0.15) is 16.7 Å². The van der Waals surface area contributed by atoms with Gasteiger partial charge < -0.3 is 20.5 Å². The zero-order valence-electron chi connectivity index (χ0n) is 20.3. The van der Waals surface area contributed by atoms with Crippen molar-refractivity contribution < 1.29 is 19.4 Å². The molecule has 2 amide bonds. The van der Waals surface area contributed by atoms with Crippen molar-refractivity contribution in [1.29, 1.82) is 0 Å². The Labute approximate surface area is 248 Å². The standard InChI is InChI=1S/C21H14Br2N2O3.C7H5BrN2O/c1-28-18-5-3-2-4-13(18)14-6-11(8-17(23)19(14)26)7-16-15-9-12(22)10-24-20(15)25-21(16)27;8-5-1-4-2-6(11)10-7(4)9-3-5/h2-10,26H,1H3,(H,24,25,27);1,3H,2H2,(H,9,10,11). The van der Waals surface area contributed by atoms with E-state index < -0.39 is 0 Å². The molecular formula is C28H19Br3N4O4. The van der Waals surface area contributed by atoms with Gasteiger partial charge in [-0.2, -0.15) is 0 Å². The zero-order valence-corrected chi connectivity index (χ0v) is 25.0. The lowest BCUT2D eigenvalue weighted by molar-refractivity contribution is -0.115. The molecule has 0 aliphatic carbocycles. The molecule has 0 bridgehead atoms. The first-order valence-electron chi connectivity index (χ1n) is 11.5. The van der Waals surface area contributed by atoms with E-state index in [1.807, 2.05) is 42.5 Å². The van der Waals surface area contributed by atoms with Crippen molar-refractivity contribution in [3.05, 3.63) is 91.0 Å². The van der Waals surface area contributed by atoms with Crippen LogP contribution in [-0.2, 0) is 16.0 Å². The normalized spacial score (nSPS) is 14.2. The Bertz CT molecular complexity index is 1670. The first-order valence-corrected chi connectivity index (χ1v) is 13.9. The molecule has 2 aliphatic heterocycles. The molecule has 2 aliphatic rings. The number of phenolic OH excluding ortho intramolecular Hbond substituents is 1. The molecule has 0 radical (unpaired) electrons. The number of phenols is 1. The number of ether oxygens (including phenoxy) is 1. The van der Waals surface area contributed by atoms with Crippen LogP contribution in [0.4, 0.5) is 11.6 Å². The van der Waals surface area contributed by atoms with Gasteiger partial charge in [0.2, 0.25) is 5.91 Å². The molecular weight excluding hydrogens is 696 g/mol. The van der Waals surface area contributed by atoms with Gasteiger partial charge in [0.1, 0.15) is 23.1 Å². The molecule has 39 heavy (non-hydrogen) atoms. The quantitative estimate of drug-likeness (QED) is 0.201. The largest absolute Gasteiger partial charge is 0.506 e. The van der Waals surface area contributed by atoms with Gasteiger partial charge in [-0.25, -0.2) is 9.97 Å². The highest BCUT2D eigenvalue weighted by Crippen LogP contribution is 2.42. The van der Waals surface area contributed by atoms with Gasteiger partial charge in [0.15, 0.2) is 0 Å². The number of aromatic nitrogens is 2. The highest BCUT2D eigenvalue weighted by Gasteiger charge is 2.26. The number of nitrogens with zero attached hydrogens (tertiary/aromatic N) is 2. The molecule has 3 N–H and O–H groups in total. The fourth-order valence-electron chi connectivity index (χ4n) is 4.20. The van der Waals surface area contributed by atoms with Crippen molar-refractivity contribution in [3.8, 4) is 22.6 Å². The van der Waals surface area contributed by atoms with Gasteiger partial charge in [-0.3, -0.25) is 9.59 Å². The molecule has 4 heterocycles. The number of nitrogens with one attached hydrogen (secondary N) is 2. The van der Waals surface area contributed by atoms with Crippen molar-refractivity contribution in [2.75, 3.05) is 17.7 Å². The Balaban J connectivity index is 0.000000233. The first kappa shape index (κ1) is 27.0. The summed E-state index contributed by atoms with van der Waals surface area (Å²) in [5, 5.41) is 16.0. The van der Waals surface area contributed by atoms with E-state index in [9.17, 15) is 14.7 Å². The highest BCUT2D eigenvalue weighted by molar-refractivity contribution is 9.11. The van der Waals surface area contributed by atoms with E-state index >= 15 is 0 Å². The third kappa shape index (κ3) is 5.75. The van der Waals surface area contributed by atoms with Crippen LogP contribution in [0.25, 0.3) is 22.8 Å². The average Bonchev–Trinajstić information content (AvgIpc) is 3.43. The molecule has 11 heteroatoms. The Morgan fingerprint density at radius 2 is 1.62 bits per heavy atom. The SMILES string of the molecule is COc1ccccc1-c1cc(C=C2C(=O)Nc3ncc(Br)cc32)cc(Br)c1O.O=C1Cc2cc(Br)cnc2N1. The molecule has 0 fully saturated rings. The fourth-order valence-corrected chi connectivity index (χ4v) is 5.39. The molecule has 8 nitrogen and oxygen atoms in total. The number of hydrogen-bond donors (Lipinski definition) is 3. The van der Waals surface area contributed by atoms with Gasteiger partial charge in [0.05, 0.1) is 23.6 Å². The lowest BCUT2D eigenvalue weighted by Crippen LogP contribution is -2.04. The summed E-state index contributed by atoms with van der Waals surface area (Å²) in [5.74, 6) is 1.77. The zero-order chi connectivity index (χ0) is 27.7. The van der Waals surface area contributed by atoms with Crippen molar-refractivity contribution in [1.82, 2.24) is 9.97 Å². The summed E-state index contributed by atoms with van der Waals surface area (Å²) in [5.41, 5.74) is 4.30. The number of benzene rings is 2. The van der Waals surface area contributed by atoms with Crippen LogP contribution in [0.5, 0.6) is 11.5 Å². The van der Waals surface area contributed by atoms with Gasteiger partial charge in [-0.1, -0.05) is 18.2 Å². The second-order valence-electron chi connectivity index (χ2n) is 8.55. The van der Waals surface area contributed by atoms with E-state index in [2.05, 4.69) is 68.4 Å². The van der Waals surface area contributed by atoms with E-state index in [1.165, 1.54) is 0 Å². The lowest BCUT2D eigenvalue weighted by atomic mass is 9.99. The molecule has 196 valence electrons. The maximum atomic E-state index is 12.4. The second kappa shape index (κ2) is 11.3. The summed E-state index contributed by atoms with van der Waals surface area (Å²) in [6.45, 7) is 0. The first-order chi connectivity index (χ1) is 18.7. The minimum atomic E-state index is -0.219. The van der Waals surface area contributed by atoms with Crippen LogP contribution >= 0.6 is 47.8 Å². The van der Waals surface area contributed by atoms with Crippen LogP contribution in [0.15, 0.2) is 74.3 Å². The van der Waals surface area contributed by atoms with Crippen molar-refractivity contribution in [3.63, 3.8) is 0 Å². The summed E-state index contributed by atoms with van der Waals surface area (Å²) in [4.78, 5) is 31.5. The number of halogens is 3. The number of carbonyl (C=O) groups is 2. The number of amides is 2.